The van der Waals surface area contributed by atoms with Gasteiger partial charge in [-0.25, -0.2) is 0 Å². The fraction of sp³-hybridized carbons (Fsp3) is 0.818. The Balaban J connectivity index is 2.40. The fourth-order valence-electron chi connectivity index (χ4n) is 1.74. The Hall–Kier alpha value is -0.750. The highest BCUT2D eigenvalue weighted by molar-refractivity contribution is 7.80. The van der Waals surface area contributed by atoms with Crippen molar-refractivity contribution >= 4 is 24.4 Å². The van der Waals surface area contributed by atoms with Crippen LogP contribution >= 0.6 is 12.6 Å². The van der Waals surface area contributed by atoms with Crippen molar-refractivity contribution in [1.82, 2.24) is 9.80 Å². The van der Waals surface area contributed by atoms with E-state index in [1.165, 1.54) is 0 Å². The van der Waals surface area contributed by atoms with E-state index in [-0.39, 0.29) is 6.04 Å². The van der Waals surface area contributed by atoms with Crippen LogP contribution in [-0.4, -0.2) is 66.3 Å². The predicted molar refractivity (Wildman–Crippen MR) is 68.1 cm³/mol. The highest BCUT2D eigenvalue weighted by Gasteiger charge is 2.33. The first-order valence-corrected chi connectivity index (χ1v) is 6.49. The summed E-state index contributed by atoms with van der Waals surface area (Å²) in [6.07, 6.45) is 0. The quantitative estimate of drug-likeness (QED) is 0.416. The molecular weight excluding hydrogens is 240 g/mol. The Morgan fingerprint density at radius 3 is 2.53 bits per heavy atom. The molecule has 0 bridgehead atoms. The van der Waals surface area contributed by atoms with Crippen LogP contribution in [-0.2, 0) is 14.3 Å². The minimum Gasteiger partial charge on any atom is -0.379 e. The third kappa shape index (κ3) is 3.89. The number of ether oxygens (including phenoxy) is 1. The van der Waals surface area contributed by atoms with Crippen LogP contribution in [0.3, 0.4) is 0 Å². The van der Waals surface area contributed by atoms with Crippen LogP contribution in [0.15, 0.2) is 0 Å². The smallest absolute Gasteiger partial charge is 0.312 e. The molecule has 0 aromatic heterocycles. The number of thiol groups is 1. The van der Waals surface area contributed by atoms with E-state index in [2.05, 4.69) is 12.6 Å². The molecule has 0 radical (unpaired) electrons. The highest BCUT2D eigenvalue weighted by Crippen LogP contribution is 2.08. The van der Waals surface area contributed by atoms with Crippen molar-refractivity contribution in [2.45, 2.75) is 19.9 Å². The number of amides is 2. The summed E-state index contributed by atoms with van der Waals surface area (Å²) in [4.78, 5) is 26.7. The van der Waals surface area contributed by atoms with E-state index in [0.717, 1.165) is 0 Å². The first-order chi connectivity index (χ1) is 8.07. The van der Waals surface area contributed by atoms with Crippen molar-refractivity contribution < 1.29 is 14.3 Å². The lowest BCUT2D eigenvalue weighted by Gasteiger charge is -2.35. The molecule has 0 unspecified atom stereocenters. The van der Waals surface area contributed by atoms with Crippen LogP contribution in [0.5, 0.6) is 0 Å². The Morgan fingerprint density at radius 2 is 1.94 bits per heavy atom. The Bertz CT molecular complexity index is 284. The van der Waals surface area contributed by atoms with Gasteiger partial charge < -0.3 is 14.5 Å². The van der Waals surface area contributed by atoms with Crippen LogP contribution in [0.4, 0.5) is 0 Å². The molecule has 0 aromatic carbocycles. The van der Waals surface area contributed by atoms with Gasteiger partial charge in [-0.15, -0.1) is 0 Å². The molecule has 0 saturated carbocycles. The van der Waals surface area contributed by atoms with E-state index in [0.29, 0.717) is 38.6 Å². The highest BCUT2D eigenvalue weighted by atomic mass is 32.1. The lowest BCUT2D eigenvalue weighted by atomic mass is 10.2. The average Bonchev–Trinajstić information content (AvgIpc) is 2.29. The molecule has 1 heterocycles. The summed E-state index contributed by atoms with van der Waals surface area (Å²) in [5.41, 5.74) is 0. The van der Waals surface area contributed by atoms with E-state index < -0.39 is 11.8 Å². The summed E-state index contributed by atoms with van der Waals surface area (Å²) in [5, 5.41) is 0. The standard InChI is InChI=1S/C11H20N2O3S/c1-9(2)13-4-3-12(10(14)11(13)15)5-6-16-7-8-17/h9,17H,3-8H2,1-2H3. The lowest BCUT2D eigenvalue weighted by Crippen LogP contribution is -2.56. The maximum Gasteiger partial charge on any atom is 0.312 e. The monoisotopic (exact) mass is 260 g/mol. The van der Waals surface area contributed by atoms with Crippen LogP contribution in [0.25, 0.3) is 0 Å². The van der Waals surface area contributed by atoms with Gasteiger partial charge in [-0.2, -0.15) is 12.6 Å². The first-order valence-electron chi connectivity index (χ1n) is 5.86. The number of piperazine rings is 1. The largest absolute Gasteiger partial charge is 0.379 e. The van der Waals surface area contributed by atoms with Crippen molar-refractivity contribution in [2.24, 2.45) is 0 Å². The molecule has 17 heavy (non-hydrogen) atoms. The topological polar surface area (TPSA) is 49.9 Å². The molecule has 1 saturated heterocycles. The van der Waals surface area contributed by atoms with Gasteiger partial charge >= 0.3 is 11.8 Å². The number of carbonyl (C=O) groups excluding carboxylic acids is 2. The summed E-state index contributed by atoms with van der Waals surface area (Å²) < 4.78 is 5.25. The zero-order valence-electron chi connectivity index (χ0n) is 10.4. The zero-order valence-corrected chi connectivity index (χ0v) is 11.3. The lowest BCUT2D eigenvalue weighted by molar-refractivity contribution is -0.157. The molecule has 1 fully saturated rings. The third-order valence-electron chi connectivity index (χ3n) is 2.71. The zero-order chi connectivity index (χ0) is 12.8. The van der Waals surface area contributed by atoms with Crippen LogP contribution in [0, 0.1) is 0 Å². The maximum atomic E-state index is 11.8. The number of rotatable bonds is 6. The molecule has 0 aliphatic carbocycles. The molecule has 2 amide bonds. The number of nitrogens with zero attached hydrogens (tertiary/aromatic N) is 2. The fourth-order valence-corrected chi connectivity index (χ4v) is 1.87. The molecule has 98 valence electrons. The number of hydrogen-bond donors (Lipinski definition) is 1. The minimum absolute atomic E-state index is 0.0778. The van der Waals surface area contributed by atoms with Crippen LogP contribution < -0.4 is 0 Å². The van der Waals surface area contributed by atoms with Gasteiger partial charge in [0.05, 0.1) is 13.2 Å². The molecule has 5 nitrogen and oxygen atoms in total. The van der Waals surface area contributed by atoms with Gasteiger partial charge in [0.15, 0.2) is 0 Å². The van der Waals surface area contributed by atoms with E-state index >= 15 is 0 Å². The molecule has 0 atom stereocenters. The van der Waals surface area contributed by atoms with E-state index in [4.69, 9.17) is 4.74 Å². The second-order valence-electron chi connectivity index (χ2n) is 4.22. The third-order valence-corrected chi connectivity index (χ3v) is 2.89. The second kappa shape index (κ2) is 6.86. The molecule has 6 heteroatoms. The SMILES string of the molecule is CC(C)N1CCN(CCOCCS)C(=O)C1=O. The molecule has 1 rings (SSSR count). The molecular formula is C11H20N2O3S. The molecule has 0 spiro atoms. The Kier molecular flexibility index (Phi) is 5.77. The Labute approximate surface area is 107 Å². The first kappa shape index (κ1) is 14.3. The van der Waals surface area contributed by atoms with Gasteiger partial charge in [0.2, 0.25) is 0 Å². The van der Waals surface area contributed by atoms with Crippen molar-refractivity contribution in [3.63, 3.8) is 0 Å². The van der Waals surface area contributed by atoms with Gasteiger partial charge in [0, 0.05) is 31.4 Å². The molecule has 0 N–H and O–H groups in total. The number of carbonyl (C=O) groups is 2. The van der Waals surface area contributed by atoms with E-state index in [1.54, 1.807) is 9.80 Å². The average molecular weight is 260 g/mol. The summed E-state index contributed by atoms with van der Waals surface area (Å²) in [6, 6.07) is 0.0778. The van der Waals surface area contributed by atoms with Gasteiger partial charge in [-0.3, -0.25) is 9.59 Å². The minimum atomic E-state index is -0.417. The molecule has 0 aromatic rings. The molecule has 1 aliphatic rings. The van der Waals surface area contributed by atoms with Crippen molar-refractivity contribution in [1.29, 1.82) is 0 Å². The molecule has 1 aliphatic heterocycles. The summed E-state index contributed by atoms with van der Waals surface area (Å²) >= 11 is 4.02. The predicted octanol–water partition coefficient (Wildman–Crippen LogP) is 0.0120. The van der Waals surface area contributed by atoms with Crippen molar-refractivity contribution in [2.75, 3.05) is 38.6 Å². The van der Waals surface area contributed by atoms with Crippen LogP contribution in [0.2, 0.25) is 0 Å². The van der Waals surface area contributed by atoms with Gasteiger partial charge in [-0.05, 0) is 13.8 Å². The normalized spacial score (nSPS) is 17.2. The maximum absolute atomic E-state index is 11.8. The summed E-state index contributed by atoms with van der Waals surface area (Å²) in [7, 11) is 0. The van der Waals surface area contributed by atoms with Gasteiger partial charge in [-0.1, -0.05) is 0 Å². The van der Waals surface area contributed by atoms with Gasteiger partial charge in [0.1, 0.15) is 0 Å². The summed E-state index contributed by atoms with van der Waals surface area (Å²) in [5.74, 6) is -0.159. The summed E-state index contributed by atoms with van der Waals surface area (Å²) in [6.45, 7) is 6.53. The van der Waals surface area contributed by atoms with E-state index in [1.807, 2.05) is 13.8 Å². The van der Waals surface area contributed by atoms with Gasteiger partial charge in [0.25, 0.3) is 0 Å². The second-order valence-corrected chi connectivity index (χ2v) is 4.67. The van der Waals surface area contributed by atoms with Crippen LogP contribution in [0.1, 0.15) is 13.8 Å². The van der Waals surface area contributed by atoms with E-state index in [9.17, 15) is 9.59 Å². The van der Waals surface area contributed by atoms with Crippen molar-refractivity contribution in [3.05, 3.63) is 0 Å². The van der Waals surface area contributed by atoms with Crippen molar-refractivity contribution in [3.8, 4) is 0 Å². The Morgan fingerprint density at radius 1 is 1.24 bits per heavy atom. The number of hydrogen-bond acceptors (Lipinski definition) is 4.